The van der Waals surface area contributed by atoms with E-state index in [1.165, 1.54) is 17.1 Å². The monoisotopic (exact) mass is 575 g/mol. The lowest BCUT2D eigenvalue weighted by molar-refractivity contribution is 0.0931. The van der Waals surface area contributed by atoms with E-state index in [-0.39, 0.29) is 35.3 Å². The molecule has 15 nitrogen and oxygen atoms in total. The average Bonchev–Trinajstić information content (AvgIpc) is 3.80. The second kappa shape index (κ2) is 10.1. The summed E-state index contributed by atoms with van der Waals surface area (Å²) in [6, 6.07) is 12.3. The van der Waals surface area contributed by atoms with Gasteiger partial charge in [-0.05, 0) is 46.9 Å². The van der Waals surface area contributed by atoms with Crippen molar-refractivity contribution < 1.29 is 9.59 Å². The summed E-state index contributed by atoms with van der Waals surface area (Å²) in [5.41, 5.74) is 8.51. The number of nitrogens with zero attached hydrogens (tertiary/aromatic N) is 7. The standard InChI is InChI=1S/C28H21N11O4/c29-22-23(25(41)24(22)40)39-11-16-2-1-13(7-19(16)36-39)10-30-27(42)20-9-21(32-12-31-20)28(43)33-18-6-4-14-8-15(3-5-17(14)18)26-34-37-38-35-26/h1-3,5,7-9,11-12,18H,4,6,10,29H2,(H,30,42)(H,33,43)(H,34,35,37,38)/t18-/m0/s1. The minimum absolute atomic E-state index is 0.0395. The fourth-order valence-corrected chi connectivity index (χ4v) is 5.21. The Morgan fingerprint density at radius 1 is 1.02 bits per heavy atom. The second-order valence-electron chi connectivity index (χ2n) is 10.1. The molecule has 0 bridgehead atoms. The molecule has 0 saturated heterocycles. The SMILES string of the molecule is Nc1c(-n2cc3ccc(CNC(=O)c4cc(C(=O)N[C@H]5CCc6cc(-c7nn[nH]n7)ccc65)ncn4)cc3n2)c(=O)c1=O. The van der Waals surface area contributed by atoms with E-state index in [0.29, 0.717) is 11.3 Å². The maximum Gasteiger partial charge on any atom is 0.270 e. The molecular formula is C28H21N11O4. The van der Waals surface area contributed by atoms with Crippen molar-refractivity contribution >= 4 is 28.4 Å². The number of amides is 2. The Bertz CT molecular complexity index is 2130. The summed E-state index contributed by atoms with van der Waals surface area (Å²) in [6.45, 7) is 0.153. The molecule has 43 heavy (non-hydrogen) atoms. The largest absolute Gasteiger partial charge is 0.394 e. The van der Waals surface area contributed by atoms with E-state index in [2.05, 4.69) is 46.3 Å². The van der Waals surface area contributed by atoms with E-state index < -0.39 is 22.7 Å². The summed E-state index contributed by atoms with van der Waals surface area (Å²) in [4.78, 5) is 57.3. The molecule has 1 aliphatic carbocycles. The first-order valence-electron chi connectivity index (χ1n) is 13.2. The summed E-state index contributed by atoms with van der Waals surface area (Å²) in [5, 5.41) is 24.9. The number of aromatic nitrogens is 8. The molecule has 15 heteroatoms. The zero-order valence-corrected chi connectivity index (χ0v) is 22.2. The van der Waals surface area contributed by atoms with Gasteiger partial charge in [-0.2, -0.15) is 10.3 Å². The highest BCUT2D eigenvalue weighted by molar-refractivity contribution is 5.97. The number of rotatable bonds is 7. The Labute approximate surface area is 240 Å². The van der Waals surface area contributed by atoms with Crippen molar-refractivity contribution in [2.75, 3.05) is 5.73 Å². The number of carbonyl (C=O) groups excluding carboxylic acids is 2. The van der Waals surface area contributed by atoms with Crippen LogP contribution in [-0.4, -0.2) is 52.2 Å². The van der Waals surface area contributed by atoms with E-state index >= 15 is 0 Å². The van der Waals surface area contributed by atoms with Gasteiger partial charge >= 0.3 is 0 Å². The summed E-state index contributed by atoms with van der Waals surface area (Å²) >= 11 is 0. The molecule has 1 atom stereocenters. The minimum Gasteiger partial charge on any atom is -0.394 e. The van der Waals surface area contributed by atoms with Crippen LogP contribution in [0.5, 0.6) is 0 Å². The van der Waals surface area contributed by atoms with E-state index in [4.69, 9.17) is 5.73 Å². The van der Waals surface area contributed by atoms with Crippen LogP contribution < -0.4 is 27.2 Å². The highest BCUT2D eigenvalue weighted by Gasteiger charge is 2.26. The number of aryl methyl sites for hydroxylation is 1. The third kappa shape index (κ3) is 4.57. The fraction of sp³-hybridized carbons (Fsp3) is 0.143. The van der Waals surface area contributed by atoms with E-state index in [0.717, 1.165) is 40.5 Å². The Morgan fingerprint density at radius 2 is 1.86 bits per heavy atom. The van der Waals surface area contributed by atoms with E-state index in [1.807, 2.05) is 18.2 Å². The highest BCUT2D eigenvalue weighted by Crippen LogP contribution is 2.33. The Balaban J connectivity index is 1.00. The smallest absolute Gasteiger partial charge is 0.270 e. The van der Waals surface area contributed by atoms with Gasteiger partial charge in [0.25, 0.3) is 22.7 Å². The molecule has 0 spiro atoms. The molecular weight excluding hydrogens is 554 g/mol. The van der Waals surface area contributed by atoms with Crippen LogP contribution in [-0.2, 0) is 13.0 Å². The number of aromatic amines is 1. The molecule has 3 aromatic carbocycles. The number of fused-ring (bicyclic) bond motifs is 2. The van der Waals surface area contributed by atoms with Gasteiger partial charge in [-0.25, -0.2) is 14.6 Å². The summed E-state index contributed by atoms with van der Waals surface area (Å²) in [6.07, 6.45) is 4.28. The zero-order valence-electron chi connectivity index (χ0n) is 22.2. The summed E-state index contributed by atoms with van der Waals surface area (Å²) in [5.74, 6) is -0.402. The van der Waals surface area contributed by atoms with Crippen LogP contribution in [0, 0.1) is 0 Å². The van der Waals surface area contributed by atoms with Crippen LogP contribution in [0.3, 0.4) is 0 Å². The van der Waals surface area contributed by atoms with Gasteiger partial charge in [0, 0.05) is 29.8 Å². The van der Waals surface area contributed by atoms with Crippen molar-refractivity contribution in [3.05, 3.63) is 104 Å². The third-order valence-electron chi connectivity index (χ3n) is 7.44. The normalized spacial score (nSPS) is 14.2. The van der Waals surface area contributed by atoms with Gasteiger partial charge in [0.2, 0.25) is 5.82 Å². The number of nitrogens with two attached hydrogens (primary N) is 1. The minimum atomic E-state index is -0.719. The van der Waals surface area contributed by atoms with Gasteiger partial charge < -0.3 is 16.4 Å². The average molecular weight is 576 g/mol. The highest BCUT2D eigenvalue weighted by atomic mass is 16.2. The first-order chi connectivity index (χ1) is 20.9. The van der Waals surface area contributed by atoms with Gasteiger partial charge in [0.15, 0.2) is 0 Å². The molecule has 0 unspecified atom stereocenters. The molecule has 212 valence electrons. The van der Waals surface area contributed by atoms with Crippen molar-refractivity contribution in [1.82, 2.24) is 51.0 Å². The quantitative estimate of drug-likeness (QED) is 0.192. The lowest BCUT2D eigenvalue weighted by atomic mass is 10.0. The maximum absolute atomic E-state index is 13.1. The Morgan fingerprint density at radius 3 is 2.65 bits per heavy atom. The second-order valence-corrected chi connectivity index (χ2v) is 10.1. The van der Waals surface area contributed by atoms with Crippen molar-refractivity contribution in [2.45, 2.75) is 25.4 Å². The van der Waals surface area contributed by atoms with Gasteiger partial charge in [-0.15, -0.1) is 10.2 Å². The molecule has 7 rings (SSSR count). The van der Waals surface area contributed by atoms with Crippen LogP contribution in [0.1, 0.15) is 50.1 Å². The molecule has 3 aromatic heterocycles. The number of hydrogen-bond acceptors (Lipinski definition) is 11. The molecule has 0 fully saturated rings. The number of carbonyl (C=O) groups is 2. The Hall–Kier alpha value is -6.12. The lowest BCUT2D eigenvalue weighted by Gasteiger charge is -2.14. The van der Waals surface area contributed by atoms with E-state index in [9.17, 15) is 19.2 Å². The van der Waals surface area contributed by atoms with Gasteiger partial charge in [0.1, 0.15) is 29.1 Å². The van der Waals surface area contributed by atoms with Gasteiger partial charge in [0.05, 0.1) is 11.6 Å². The first kappa shape index (κ1) is 25.8. The molecule has 0 aliphatic heterocycles. The van der Waals surface area contributed by atoms with Crippen molar-refractivity contribution in [3.63, 3.8) is 0 Å². The van der Waals surface area contributed by atoms with Crippen LogP contribution in [0.15, 0.2) is 64.6 Å². The number of anilines is 1. The summed E-state index contributed by atoms with van der Waals surface area (Å²) < 4.78 is 1.29. The predicted molar refractivity (Wildman–Crippen MR) is 152 cm³/mol. The number of H-pyrrole nitrogens is 1. The molecule has 1 aliphatic rings. The molecule has 0 radical (unpaired) electrons. The van der Waals surface area contributed by atoms with Crippen molar-refractivity contribution in [1.29, 1.82) is 0 Å². The molecule has 6 aromatic rings. The van der Waals surface area contributed by atoms with Crippen molar-refractivity contribution in [2.24, 2.45) is 0 Å². The van der Waals surface area contributed by atoms with Crippen LogP contribution in [0.2, 0.25) is 0 Å². The first-order valence-corrected chi connectivity index (χ1v) is 13.2. The van der Waals surface area contributed by atoms with Gasteiger partial charge in [-0.3, -0.25) is 19.2 Å². The predicted octanol–water partition coefficient (Wildman–Crippen LogP) is 0.521. The van der Waals surface area contributed by atoms with Crippen LogP contribution in [0.4, 0.5) is 5.69 Å². The molecule has 5 N–H and O–H groups in total. The Kier molecular flexibility index (Phi) is 6.04. The fourth-order valence-electron chi connectivity index (χ4n) is 5.21. The molecule has 2 amide bonds. The zero-order chi connectivity index (χ0) is 29.7. The number of tetrazole rings is 1. The number of nitrogen functional groups attached to an aromatic ring is 1. The van der Waals surface area contributed by atoms with Crippen LogP contribution >= 0.6 is 0 Å². The van der Waals surface area contributed by atoms with E-state index in [1.54, 1.807) is 24.4 Å². The molecule has 3 heterocycles. The van der Waals surface area contributed by atoms with Crippen LogP contribution in [0.25, 0.3) is 28.0 Å². The number of hydrogen-bond donors (Lipinski definition) is 4. The van der Waals surface area contributed by atoms with Gasteiger partial charge in [-0.1, -0.05) is 24.3 Å². The topological polar surface area (TPSA) is 216 Å². The number of benzene rings is 2. The number of nitrogens with one attached hydrogen (secondary N) is 3. The lowest BCUT2D eigenvalue weighted by Crippen LogP contribution is -2.38. The third-order valence-corrected chi connectivity index (χ3v) is 7.44. The summed E-state index contributed by atoms with van der Waals surface area (Å²) in [7, 11) is 0. The van der Waals surface area contributed by atoms with Crippen molar-refractivity contribution in [3.8, 4) is 17.1 Å². The maximum atomic E-state index is 13.1. The molecule has 0 saturated carbocycles.